The molecule has 1 saturated heterocycles. The van der Waals surface area contributed by atoms with Crippen molar-refractivity contribution in [3.8, 4) is 11.3 Å². The summed E-state index contributed by atoms with van der Waals surface area (Å²) in [5.74, 6) is 0.0290. The minimum Gasteiger partial charge on any atom is -0.298 e. The number of aromatic nitrogens is 1. The van der Waals surface area contributed by atoms with E-state index in [4.69, 9.17) is 0 Å². The average molecular weight is 492 g/mol. The molecule has 1 aliphatic heterocycles. The monoisotopic (exact) mass is 491 g/mol. The molecule has 6 nitrogen and oxygen atoms in total. The van der Waals surface area contributed by atoms with Gasteiger partial charge in [-0.15, -0.1) is 11.3 Å². The number of nitrogens with zero attached hydrogens (tertiary/aromatic N) is 2. The number of hydrogen-bond acceptors (Lipinski definition) is 5. The molecule has 1 aliphatic rings. The van der Waals surface area contributed by atoms with E-state index < -0.39 is 10.0 Å². The number of fused-ring (bicyclic) bond motifs is 1. The zero-order valence-electron chi connectivity index (χ0n) is 18.8. The van der Waals surface area contributed by atoms with E-state index in [2.05, 4.69) is 41.5 Å². The molecule has 2 heterocycles. The van der Waals surface area contributed by atoms with Crippen molar-refractivity contribution in [2.45, 2.75) is 24.7 Å². The number of amides is 1. The number of benzene rings is 3. The summed E-state index contributed by atoms with van der Waals surface area (Å²) in [6.07, 6.45) is 1.92. The zero-order valence-corrected chi connectivity index (χ0v) is 20.4. The van der Waals surface area contributed by atoms with Gasteiger partial charge < -0.3 is 0 Å². The Morgan fingerprint density at radius 1 is 1.06 bits per heavy atom. The molecular formula is C26H25N3O3S2. The zero-order chi connectivity index (χ0) is 23.7. The lowest BCUT2D eigenvalue weighted by Gasteiger charge is -2.30. The molecule has 5 rings (SSSR count). The summed E-state index contributed by atoms with van der Waals surface area (Å²) < 4.78 is 27.4. The fourth-order valence-corrected chi connectivity index (χ4v) is 6.59. The van der Waals surface area contributed by atoms with Gasteiger partial charge in [-0.25, -0.2) is 13.4 Å². The maximum atomic E-state index is 12.9. The van der Waals surface area contributed by atoms with Gasteiger partial charge >= 0.3 is 0 Å². The predicted octanol–water partition coefficient (Wildman–Crippen LogP) is 5.64. The number of hydrogen-bond donors (Lipinski definition) is 1. The van der Waals surface area contributed by atoms with E-state index in [0.717, 1.165) is 34.9 Å². The number of sulfonamides is 1. The SMILES string of the molecule is CC1CCCN(S(=O)(=O)c2ccc(C(=O)Nc3nc(-c4ccc5ccccc5c4)cs3)cc2)C1. The summed E-state index contributed by atoms with van der Waals surface area (Å²) in [7, 11) is -3.55. The van der Waals surface area contributed by atoms with Crippen LogP contribution >= 0.6 is 11.3 Å². The van der Waals surface area contributed by atoms with E-state index in [0.29, 0.717) is 29.7 Å². The van der Waals surface area contributed by atoms with Crippen LogP contribution < -0.4 is 5.32 Å². The average Bonchev–Trinajstić information content (AvgIpc) is 3.32. The Kier molecular flexibility index (Phi) is 6.20. The highest BCUT2D eigenvalue weighted by atomic mass is 32.2. The largest absolute Gasteiger partial charge is 0.298 e. The smallest absolute Gasteiger partial charge is 0.257 e. The van der Waals surface area contributed by atoms with Crippen molar-refractivity contribution in [2.24, 2.45) is 5.92 Å². The summed E-state index contributed by atoms with van der Waals surface area (Å²) in [6.45, 7) is 3.14. The van der Waals surface area contributed by atoms with Crippen molar-refractivity contribution in [1.82, 2.24) is 9.29 Å². The van der Waals surface area contributed by atoms with Gasteiger partial charge in [0.15, 0.2) is 5.13 Å². The minimum atomic E-state index is -3.55. The van der Waals surface area contributed by atoms with E-state index in [1.54, 1.807) is 16.4 Å². The fraction of sp³-hybridized carbons (Fsp3) is 0.231. The number of carbonyl (C=O) groups is 1. The van der Waals surface area contributed by atoms with Gasteiger partial charge in [0.2, 0.25) is 10.0 Å². The first-order chi connectivity index (χ1) is 16.4. The van der Waals surface area contributed by atoms with Crippen molar-refractivity contribution in [1.29, 1.82) is 0 Å². The first-order valence-electron chi connectivity index (χ1n) is 11.3. The van der Waals surface area contributed by atoms with Gasteiger partial charge in [-0.1, -0.05) is 43.3 Å². The fourth-order valence-electron chi connectivity index (χ4n) is 4.27. The van der Waals surface area contributed by atoms with Crippen LogP contribution in [0, 0.1) is 5.92 Å². The van der Waals surface area contributed by atoms with E-state index in [-0.39, 0.29) is 10.8 Å². The summed E-state index contributed by atoms with van der Waals surface area (Å²) >= 11 is 1.35. The van der Waals surface area contributed by atoms with Crippen LogP contribution in [0.1, 0.15) is 30.1 Å². The molecule has 4 aromatic rings. The first-order valence-corrected chi connectivity index (χ1v) is 13.6. The number of piperidine rings is 1. The number of carbonyl (C=O) groups excluding carboxylic acids is 1. The number of rotatable bonds is 5. The van der Waals surface area contributed by atoms with Crippen molar-refractivity contribution in [3.63, 3.8) is 0 Å². The number of anilines is 1. The normalized spacial score (nSPS) is 17.0. The molecule has 1 N–H and O–H groups in total. The number of thiazole rings is 1. The molecule has 0 bridgehead atoms. The Morgan fingerprint density at radius 2 is 1.82 bits per heavy atom. The highest BCUT2D eigenvalue weighted by molar-refractivity contribution is 7.89. The third-order valence-corrected chi connectivity index (χ3v) is 8.78. The lowest BCUT2D eigenvalue weighted by atomic mass is 10.0. The Hall–Kier alpha value is -3.07. The van der Waals surface area contributed by atoms with Gasteiger partial charge in [0.25, 0.3) is 5.91 Å². The van der Waals surface area contributed by atoms with Crippen LogP contribution in [0.2, 0.25) is 0 Å². The van der Waals surface area contributed by atoms with Crippen molar-refractivity contribution in [2.75, 3.05) is 18.4 Å². The molecule has 8 heteroatoms. The van der Waals surface area contributed by atoms with E-state index >= 15 is 0 Å². The maximum Gasteiger partial charge on any atom is 0.257 e. The van der Waals surface area contributed by atoms with Gasteiger partial charge in [-0.2, -0.15) is 4.31 Å². The van der Waals surface area contributed by atoms with Gasteiger partial charge in [-0.05, 0) is 59.9 Å². The second-order valence-corrected chi connectivity index (χ2v) is 11.5. The maximum absolute atomic E-state index is 12.9. The molecule has 1 amide bonds. The van der Waals surface area contributed by atoms with Crippen LogP contribution in [-0.2, 0) is 10.0 Å². The Balaban J connectivity index is 1.29. The molecule has 1 unspecified atom stereocenters. The lowest BCUT2D eigenvalue weighted by molar-refractivity contribution is 0.102. The molecule has 1 fully saturated rings. The van der Waals surface area contributed by atoms with Gasteiger partial charge in [0.1, 0.15) is 0 Å². The number of nitrogens with one attached hydrogen (secondary N) is 1. The summed E-state index contributed by atoms with van der Waals surface area (Å²) in [5, 5.41) is 7.52. The lowest BCUT2D eigenvalue weighted by Crippen LogP contribution is -2.39. The minimum absolute atomic E-state index is 0.214. The molecule has 34 heavy (non-hydrogen) atoms. The molecule has 0 spiro atoms. The highest BCUT2D eigenvalue weighted by Gasteiger charge is 2.28. The van der Waals surface area contributed by atoms with Crippen molar-refractivity contribution < 1.29 is 13.2 Å². The van der Waals surface area contributed by atoms with Crippen LogP contribution in [0.5, 0.6) is 0 Å². The van der Waals surface area contributed by atoms with Gasteiger partial charge in [0.05, 0.1) is 10.6 Å². The molecule has 1 aromatic heterocycles. The van der Waals surface area contributed by atoms with Gasteiger partial charge in [-0.3, -0.25) is 10.1 Å². The summed E-state index contributed by atoms with van der Waals surface area (Å²) in [6, 6.07) is 20.4. The topological polar surface area (TPSA) is 79.4 Å². The van der Waals surface area contributed by atoms with Crippen LogP contribution in [0.25, 0.3) is 22.0 Å². The van der Waals surface area contributed by atoms with E-state index in [1.807, 2.05) is 23.6 Å². The first kappa shape index (κ1) is 22.7. The van der Waals surface area contributed by atoms with Crippen LogP contribution in [0.15, 0.2) is 77.0 Å². The van der Waals surface area contributed by atoms with Crippen molar-refractivity contribution >= 4 is 43.2 Å². The summed E-state index contributed by atoms with van der Waals surface area (Å²) in [4.78, 5) is 17.5. The van der Waals surface area contributed by atoms with E-state index in [9.17, 15) is 13.2 Å². The molecule has 0 aliphatic carbocycles. The van der Waals surface area contributed by atoms with Crippen LogP contribution in [0.4, 0.5) is 5.13 Å². The molecule has 174 valence electrons. The Bertz CT molecular complexity index is 1450. The molecule has 0 saturated carbocycles. The molecule has 1 atom stereocenters. The third kappa shape index (κ3) is 4.61. The highest BCUT2D eigenvalue weighted by Crippen LogP contribution is 2.28. The standard InChI is InChI=1S/C26H25N3O3S2/c1-18-5-4-14-29(16-18)34(31,32)23-12-10-20(11-13-23)25(30)28-26-27-24(17-33-26)22-9-8-19-6-2-3-7-21(19)15-22/h2-3,6-13,15,17-18H,4-5,14,16H2,1H3,(H,27,28,30). The quantitative estimate of drug-likeness (QED) is 0.392. The second kappa shape index (κ2) is 9.29. The van der Waals surface area contributed by atoms with E-state index in [1.165, 1.54) is 23.5 Å². The van der Waals surface area contributed by atoms with Crippen LogP contribution in [-0.4, -0.2) is 36.7 Å². The Labute approximate surface area is 203 Å². The molecule has 3 aromatic carbocycles. The summed E-state index contributed by atoms with van der Waals surface area (Å²) in [5.41, 5.74) is 2.16. The van der Waals surface area contributed by atoms with Gasteiger partial charge in [0, 0.05) is 29.6 Å². The predicted molar refractivity (Wildman–Crippen MR) is 137 cm³/mol. The third-order valence-electron chi connectivity index (χ3n) is 6.14. The Morgan fingerprint density at radius 3 is 2.59 bits per heavy atom. The molecule has 0 radical (unpaired) electrons. The van der Waals surface area contributed by atoms with Crippen molar-refractivity contribution in [3.05, 3.63) is 77.7 Å². The molecular weight excluding hydrogens is 466 g/mol. The van der Waals surface area contributed by atoms with Crippen LogP contribution in [0.3, 0.4) is 0 Å². The second-order valence-electron chi connectivity index (χ2n) is 8.69.